The number of carbonyl (C=O) groups excluding carboxylic acids is 1. The topological polar surface area (TPSA) is 32.3 Å². The van der Waals surface area contributed by atoms with Crippen LogP contribution >= 0.6 is 0 Å². The number of unbranched alkanes of at least 4 members (excludes halogenated alkanes) is 1. The maximum absolute atomic E-state index is 12.5. The molecule has 1 saturated carbocycles. The van der Waals surface area contributed by atoms with Crippen molar-refractivity contribution in [2.75, 3.05) is 0 Å². The molecule has 104 valence electrons. The third-order valence-corrected chi connectivity index (χ3v) is 4.58. The first-order valence-electron chi connectivity index (χ1n) is 7.75. The van der Waals surface area contributed by atoms with Crippen LogP contribution in [0, 0.1) is 5.92 Å². The van der Waals surface area contributed by atoms with Crippen LogP contribution in [0.5, 0.6) is 0 Å². The minimum Gasteiger partial charge on any atom is -0.323 e. The fourth-order valence-corrected chi connectivity index (χ4v) is 3.51. The van der Waals surface area contributed by atoms with E-state index in [1.54, 1.807) is 0 Å². The molecule has 1 amide bonds. The maximum Gasteiger partial charge on any atom is 0.241 e. The largest absolute Gasteiger partial charge is 0.323 e. The van der Waals surface area contributed by atoms with Crippen LogP contribution in [-0.4, -0.2) is 29.1 Å². The van der Waals surface area contributed by atoms with Gasteiger partial charge < -0.3 is 4.90 Å². The Kier molecular flexibility index (Phi) is 4.66. The lowest BCUT2D eigenvalue weighted by Crippen LogP contribution is -2.43. The number of hydrogen-bond acceptors (Lipinski definition) is 2. The molecule has 0 spiro atoms. The molecule has 0 radical (unpaired) electrons. The van der Waals surface area contributed by atoms with Crippen LogP contribution in [-0.2, 0) is 4.79 Å². The normalized spacial score (nSPS) is 36.6. The Morgan fingerprint density at radius 2 is 2.11 bits per heavy atom. The molecule has 0 bridgehead atoms. The Hall–Kier alpha value is -0.570. The van der Waals surface area contributed by atoms with Crippen molar-refractivity contribution in [2.24, 2.45) is 5.92 Å². The minimum atomic E-state index is 0.0887. The van der Waals surface area contributed by atoms with Crippen molar-refractivity contribution >= 4 is 5.91 Å². The smallest absolute Gasteiger partial charge is 0.241 e. The van der Waals surface area contributed by atoms with Crippen molar-refractivity contribution in [3.63, 3.8) is 0 Å². The Labute approximate surface area is 111 Å². The Bertz CT molecular complexity index is 292. The molecule has 18 heavy (non-hydrogen) atoms. The zero-order valence-corrected chi connectivity index (χ0v) is 12.1. The average molecular weight is 252 g/mol. The van der Waals surface area contributed by atoms with Gasteiger partial charge in [0.05, 0.1) is 12.2 Å². The molecule has 2 rings (SSSR count). The Balaban J connectivity index is 2.01. The number of rotatable bonds is 5. The van der Waals surface area contributed by atoms with Crippen LogP contribution in [0.25, 0.3) is 0 Å². The molecule has 0 aromatic heterocycles. The predicted octanol–water partition coefficient (Wildman–Crippen LogP) is 2.90. The van der Waals surface area contributed by atoms with Gasteiger partial charge in [-0.15, -0.1) is 0 Å². The summed E-state index contributed by atoms with van der Waals surface area (Å²) in [7, 11) is 0. The van der Waals surface area contributed by atoms with Gasteiger partial charge in [0.2, 0.25) is 5.91 Å². The summed E-state index contributed by atoms with van der Waals surface area (Å²) >= 11 is 0. The average Bonchev–Trinajstić information content (AvgIpc) is 2.90. The monoisotopic (exact) mass is 252 g/mol. The van der Waals surface area contributed by atoms with E-state index in [1.165, 1.54) is 25.7 Å². The lowest BCUT2D eigenvalue weighted by molar-refractivity contribution is -0.132. The standard InChI is InChI=1S/C15H28N2O/c1-4-6-7-13-15(18)17(14(5-2)16-13)12-9-8-11(3)10-12/h11-14,16H,4-10H2,1-3H3. The zero-order valence-electron chi connectivity index (χ0n) is 12.1. The van der Waals surface area contributed by atoms with Gasteiger partial charge in [0.25, 0.3) is 0 Å². The van der Waals surface area contributed by atoms with Gasteiger partial charge in [0.15, 0.2) is 0 Å². The molecule has 1 aliphatic carbocycles. The van der Waals surface area contributed by atoms with Crippen molar-refractivity contribution in [3.05, 3.63) is 0 Å². The molecule has 0 aromatic carbocycles. The second-order valence-corrected chi connectivity index (χ2v) is 6.10. The molecule has 3 heteroatoms. The van der Waals surface area contributed by atoms with E-state index in [2.05, 4.69) is 31.0 Å². The molecule has 1 saturated heterocycles. The summed E-state index contributed by atoms with van der Waals surface area (Å²) in [5.74, 6) is 1.16. The highest BCUT2D eigenvalue weighted by Gasteiger charge is 2.42. The van der Waals surface area contributed by atoms with E-state index < -0.39 is 0 Å². The van der Waals surface area contributed by atoms with E-state index in [0.29, 0.717) is 11.9 Å². The van der Waals surface area contributed by atoms with Crippen molar-refractivity contribution in [2.45, 2.75) is 84.0 Å². The highest BCUT2D eigenvalue weighted by atomic mass is 16.2. The van der Waals surface area contributed by atoms with Crippen molar-refractivity contribution in [1.82, 2.24) is 10.2 Å². The summed E-state index contributed by atoms with van der Waals surface area (Å²) in [5, 5.41) is 3.54. The first-order valence-corrected chi connectivity index (χ1v) is 7.75. The third-order valence-electron chi connectivity index (χ3n) is 4.58. The minimum absolute atomic E-state index is 0.0887. The van der Waals surface area contributed by atoms with Gasteiger partial charge in [-0.25, -0.2) is 0 Å². The van der Waals surface area contributed by atoms with Crippen LogP contribution in [0.2, 0.25) is 0 Å². The molecular formula is C15H28N2O. The molecule has 2 aliphatic rings. The van der Waals surface area contributed by atoms with Crippen LogP contribution in [0.4, 0.5) is 0 Å². The first kappa shape index (κ1) is 13.9. The van der Waals surface area contributed by atoms with E-state index >= 15 is 0 Å². The predicted molar refractivity (Wildman–Crippen MR) is 74.2 cm³/mol. The Morgan fingerprint density at radius 3 is 2.67 bits per heavy atom. The number of amides is 1. The van der Waals surface area contributed by atoms with E-state index in [4.69, 9.17) is 0 Å². The maximum atomic E-state index is 12.5. The summed E-state index contributed by atoms with van der Waals surface area (Å²) in [5.41, 5.74) is 0. The van der Waals surface area contributed by atoms with Crippen molar-refractivity contribution in [1.29, 1.82) is 0 Å². The molecule has 0 aromatic rings. The second kappa shape index (κ2) is 6.05. The van der Waals surface area contributed by atoms with E-state index in [9.17, 15) is 4.79 Å². The van der Waals surface area contributed by atoms with Crippen LogP contribution < -0.4 is 5.32 Å². The lowest BCUT2D eigenvalue weighted by Gasteiger charge is -2.29. The summed E-state index contributed by atoms with van der Waals surface area (Å²) in [6.45, 7) is 6.68. The fraction of sp³-hybridized carbons (Fsp3) is 0.933. The molecule has 3 nitrogen and oxygen atoms in total. The molecule has 1 heterocycles. The van der Waals surface area contributed by atoms with Crippen LogP contribution in [0.3, 0.4) is 0 Å². The van der Waals surface area contributed by atoms with Gasteiger partial charge >= 0.3 is 0 Å². The van der Waals surface area contributed by atoms with Crippen molar-refractivity contribution in [3.8, 4) is 0 Å². The summed E-state index contributed by atoms with van der Waals surface area (Å²) in [6, 6.07) is 0.586. The summed E-state index contributed by atoms with van der Waals surface area (Å²) < 4.78 is 0. The van der Waals surface area contributed by atoms with Gasteiger partial charge in [0.1, 0.15) is 0 Å². The third kappa shape index (κ3) is 2.71. The molecule has 4 unspecified atom stereocenters. The molecule has 1 aliphatic heterocycles. The summed E-state index contributed by atoms with van der Waals surface area (Å²) in [4.78, 5) is 14.7. The SMILES string of the molecule is CCCCC1NC(CC)N(C2CCC(C)C2)C1=O. The highest BCUT2D eigenvalue weighted by molar-refractivity contribution is 5.84. The number of carbonyl (C=O) groups is 1. The van der Waals surface area contributed by atoms with Crippen LogP contribution in [0.1, 0.15) is 65.7 Å². The molecule has 4 atom stereocenters. The van der Waals surface area contributed by atoms with E-state index in [0.717, 1.165) is 25.2 Å². The summed E-state index contributed by atoms with van der Waals surface area (Å²) in [6.07, 6.45) is 8.32. The van der Waals surface area contributed by atoms with Gasteiger partial charge in [-0.1, -0.05) is 33.6 Å². The van der Waals surface area contributed by atoms with Gasteiger partial charge in [-0.05, 0) is 38.0 Å². The lowest BCUT2D eigenvalue weighted by atomic mass is 10.1. The number of hydrogen-bond donors (Lipinski definition) is 1. The number of nitrogens with zero attached hydrogens (tertiary/aromatic N) is 1. The first-order chi connectivity index (χ1) is 8.67. The highest BCUT2D eigenvalue weighted by Crippen LogP contribution is 2.33. The van der Waals surface area contributed by atoms with E-state index in [1.807, 2.05) is 0 Å². The van der Waals surface area contributed by atoms with Gasteiger partial charge in [0, 0.05) is 6.04 Å². The molecule has 2 fully saturated rings. The Morgan fingerprint density at radius 1 is 1.33 bits per heavy atom. The van der Waals surface area contributed by atoms with Gasteiger partial charge in [-0.2, -0.15) is 0 Å². The number of nitrogens with one attached hydrogen (secondary N) is 1. The molecule has 1 N–H and O–H groups in total. The van der Waals surface area contributed by atoms with Gasteiger partial charge in [-0.3, -0.25) is 10.1 Å². The fourth-order valence-electron chi connectivity index (χ4n) is 3.51. The van der Waals surface area contributed by atoms with Crippen molar-refractivity contribution < 1.29 is 4.79 Å². The quantitative estimate of drug-likeness (QED) is 0.816. The van der Waals surface area contributed by atoms with E-state index in [-0.39, 0.29) is 12.2 Å². The van der Waals surface area contributed by atoms with Crippen LogP contribution in [0.15, 0.2) is 0 Å². The zero-order chi connectivity index (χ0) is 13.1. The second-order valence-electron chi connectivity index (χ2n) is 6.10. The molecular weight excluding hydrogens is 224 g/mol.